The van der Waals surface area contributed by atoms with Gasteiger partial charge in [0.2, 0.25) is 0 Å². The summed E-state index contributed by atoms with van der Waals surface area (Å²) in [5, 5.41) is 12.4. The maximum Gasteiger partial charge on any atom is 0.319 e. The molecular formula is C29H31F2N7O. The van der Waals surface area contributed by atoms with Crippen LogP contribution in [0.3, 0.4) is 0 Å². The van der Waals surface area contributed by atoms with Crippen molar-refractivity contribution in [2.24, 2.45) is 0 Å². The predicted molar refractivity (Wildman–Crippen MR) is 145 cm³/mol. The van der Waals surface area contributed by atoms with E-state index in [2.05, 4.69) is 30.3 Å². The monoisotopic (exact) mass is 531 g/mol. The quantitative estimate of drug-likeness (QED) is 0.399. The molecule has 39 heavy (non-hydrogen) atoms. The van der Waals surface area contributed by atoms with Gasteiger partial charge < -0.3 is 15.0 Å². The molecule has 4 aromatic rings. The van der Waals surface area contributed by atoms with Gasteiger partial charge in [-0.2, -0.15) is 15.1 Å². The van der Waals surface area contributed by atoms with Crippen LogP contribution >= 0.6 is 0 Å². The zero-order valence-corrected chi connectivity index (χ0v) is 21.7. The molecule has 2 aromatic carbocycles. The molecule has 0 radical (unpaired) electrons. The average molecular weight is 532 g/mol. The highest BCUT2D eigenvalue weighted by Crippen LogP contribution is 2.41. The number of anilines is 1. The number of hydrogen-bond acceptors (Lipinski definition) is 7. The first-order valence-corrected chi connectivity index (χ1v) is 14.0. The van der Waals surface area contributed by atoms with E-state index in [1.54, 1.807) is 6.20 Å². The van der Waals surface area contributed by atoms with Gasteiger partial charge in [-0.1, -0.05) is 24.3 Å². The predicted octanol–water partition coefficient (Wildman–Crippen LogP) is 4.21. The number of alkyl halides is 1. The molecule has 2 bridgehead atoms. The average Bonchev–Trinajstić information content (AvgIpc) is 3.71. The third-order valence-electron chi connectivity index (χ3n) is 9.28. The van der Waals surface area contributed by atoms with E-state index in [0.29, 0.717) is 48.4 Å². The number of H-pyrrole nitrogens is 1. The molecule has 2 unspecified atom stereocenters. The Kier molecular flexibility index (Phi) is 5.32. The van der Waals surface area contributed by atoms with Crippen molar-refractivity contribution in [2.45, 2.75) is 55.9 Å². The number of hydrogen-bond donors (Lipinski definition) is 2. The Balaban J connectivity index is 1.23. The molecule has 4 aliphatic rings. The molecule has 202 valence electrons. The second kappa shape index (κ2) is 8.82. The van der Waals surface area contributed by atoms with Crippen LogP contribution in [0.15, 0.2) is 36.5 Å². The fourth-order valence-corrected chi connectivity index (χ4v) is 7.45. The molecule has 6 heterocycles. The van der Waals surface area contributed by atoms with E-state index in [-0.39, 0.29) is 17.1 Å². The number of halogens is 2. The molecule has 0 saturated carbocycles. The number of nitrogens with zero attached hydrogens (tertiary/aromatic N) is 5. The molecule has 2 aromatic heterocycles. The van der Waals surface area contributed by atoms with Gasteiger partial charge >= 0.3 is 6.01 Å². The number of benzene rings is 2. The molecule has 8 nitrogen and oxygen atoms in total. The third kappa shape index (κ3) is 3.79. The zero-order valence-electron chi connectivity index (χ0n) is 21.7. The summed E-state index contributed by atoms with van der Waals surface area (Å²) in [5.41, 5.74) is 1.87. The standard InChI is InChI=1S/C29H31F2N7O/c30-18-11-29(9-2-10-38(29)13-18)16-39-28-34-26-23(27(35-28)37-14-19-5-6-20(15-37)33-19)8-7-21(24(26)31)22-4-1-3-17-12-32-36-25(17)22/h1,3-4,7-8,12,18-20,33H,2,5-6,9-11,13-16H2,(H,32,36)/t18-,19?,20?,29+/m1/s1. The maximum absolute atomic E-state index is 16.4. The molecule has 8 rings (SSSR count). The summed E-state index contributed by atoms with van der Waals surface area (Å²) >= 11 is 0. The number of piperazine rings is 1. The molecule has 2 N–H and O–H groups in total. The highest BCUT2D eigenvalue weighted by molar-refractivity contribution is 5.98. The Bertz CT molecular complexity index is 1560. The van der Waals surface area contributed by atoms with Gasteiger partial charge in [0, 0.05) is 60.0 Å². The van der Waals surface area contributed by atoms with Crippen LogP contribution in [-0.2, 0) is 0 Å². The summed E-state index contributed by atoms with van der Waals surface area (Å²) in [5.74, 6) is 0.292. The molecule has 4 fully saturated rings. The largest absolute Gasteiger partial charge is 0.461 e. The van der Waals surface area contributed by atoms with E-state index in [0.717, 1.165) is 61.8 Å². The number of fused-ring (bicyclic) bond motifs is 5. The first-order chi connectivity index (χ1) is 19.1. The first kappa shape index (κ1) is 23.5. The lowest BCUT2D eigenvalue weighted by Gasteiger charge is -2.34. The van der Waals surface area contributed by atoms with E-state index in [1.165, 1.54) is 0 Å². The molecule has 4 saturated heterocycles. The minimum absolute atomic E-state index is 0.155. The Morgan fingerprint density at radius 1 is 1.05 bits per heavy atom. The Morgan fingerprint density at radius 3 is 2.79 bits per heavy atom. The molecular weight excluding hydrogens is 500 g/mol. The van der Waals surface area contributed by atoms with Crippen LogP contribution in [0.4, 0.5) is 14.6 Å². The van der Waals surface area contributed by atoms with Crippen LogP contribution < -0.4 is 15.0 Å². The van der Waals surface area contributed by atoms with Gasteiger partial charge in [-0.25, -0.2) is 8.78 Å². The lowest BCUT2D eigenvalue weighted by Crippen LogP contribution is -2.51. The van der Waals surface area contributed by atoms with Crippen molar-refractivity contribution in [1.82, 2.24) is 30.4 Å². The van der Waals surface area contributed by atoms with E-state index in [9.17, 15) is 4.39 Å². The fourth-order valence-electron chi connectivity index (χ4n) is 7.45. The normalized spacial score (nSPS) is 28.6. The van der Waals surface area contributed by atoms with E-state index in [1.807, 2.05) is 30.3 Å². The molecule has 4 aliphatic heterocycles. The lowest BCUT2D eigenvalue weighted by atomic mass is 9.95. The van der Waals surface area contributed by atoms with Gasteiger partial charge in [-0.3, -0.25) is 10.00 Å². The summed E-state index contributed by atoms with van der Waals surface area (Å²) in [6.45, 7) is 3.25. The van der Waals surface area contributed by atoms with Crippen LogP contribution in [0.2, 0.25) is 0 Å². The number of rotatable bonds is 5. The van der Waals surface area contributed by atoms with Crippen molar-refractivity contribution in [3.05, 3.63) is 42.3 Å². The van der Waals surface area contributed by atoms with Gasteiger partial charge in [-0.05, 0) is 38.3 Å². The summed E-state index contributed by atoms with van der Waals surface area (Å²) in [7, 11) is 0. The summed E-state index contributed by atoms with van der Waals surface area (Å²) in [6, 6.07) is 10.4. The van der Waals surface area contributed by atoms with Gasteiger partial charge in [0.15, 0.2) is 5.82 Å². The number of nitrogens with one attached hydrogen (secondary N) is 2. The number of aromatic nitrogens is 4. The number of para-hydroxylation sites is 1. The number of aromatic amines is 1. The topological polar surface area (TPSA) is 82.2 Å². The van der Waals surface area contributed by atoms with Crippen molar-refractivity contribution >= 4 is 27.6 Å². The van der Waals surface area contributed by atoms with Crippen LogP contribution in [0.5, 0.6) is 6.01 Å². The zero-order chi connectivity index (χ0) is 26.1. The van der Waals surface area contributed by atoms with Crippen LogP contribution in [0, 0.1) is 5.82 Å². The van der Waals surface area contributed by atoms with Crippen molar-refractivity contribution in [2.75, 3.05) is 37.7 Å². The summed E-state index contributed by atoms with van der Waals surface area (Å²) in [6.07, 6.45) is 5.53. The lowest BCUT2D eigenvalue weighted by molar-refractivity contribution is 0.107. The molecule has 10 heteroatoms. The van der Waals surface area contributed by atoms with Crippen molar-refractivity contribution < 1.29 is 13.5 Å². The third-order valence-corrected chi connectivity index (χ3v) is 9.28. The molecule has 4 atom stereocenters. The second-order valence-electron chi connectivity index (χ2n) is 11.7. The van der Waals surface area contributed by atoms with Crippen LogP contribution in [0.1, 0.15) is 32.1 Å². The van der Waals surface area contributed by atoms with Gasteiger partial charge in [0.25, 0.3) is 0 Å². The second-order valence-corrected chi connectivity index (χ2v) is 11.7. The fraction of sp³-hybridized carbons (Fsp3) is 0.483. The van der Waals surface area contributed by atoms with Gasteiger partial charge in [0.05, 0.1) is 17.3 Å². The Morgan fingerprint density at radius 2 is 1.92 bits per heavy atom. The minimum atomic E-state index is -0.844. The van der Waals surface area contributed by atoms with E-state index < -0.39 is 12.0 Å². The van der Waals surface area contributed by atoms with E-state index in [4.69, 9.17) is 9.72 Å². The maximum atomic E-state index is 16.4. The highest BCUT2D eigenvalue weighted by Gasteiger charge is 2.49. The van der Waals surface area contributed by atoms with Crippen molar-refractivity contribution in [3.8, 4) is 17.1 Å². The smallest absolute Gasteiger partial charge is 0.319 e. The SMILES string of the molecule is Fc1c(-c2cccc3cn[nH]c23)ccc2c(N3CC4CCC(C3)N4)nc(OC[C@@]34CCCN3C[C@H](F)C4)nc12. The van der Waals surface area contributed by atoms with Crippen LogP contribution in [0.25, 0.3) is 32.9 Å². The molecule has 0 amide bonds. The highest BCUT2D eigenvalue weighted by atomic mass is 19.1. The van der Waals surface area contributed by atoms with Gasteiger partial charge in [-0.15, -0.1) is 0 Å². The van der Waals surface area contributed by atoms with Gasteiger partial charge in [0.1, 0.15) is 24.1 Å². The first-order valence-electron chi connectivity index (χ1n) is 14.0. The van der Waals surface area contributed by atoms with Crippen LogP contribution in [-0.4, -0.2) is 81.6 Å². The van der Waals surface area contributed by atoms with Crippen molar-refractivity contribution in [1.29, 1.82) is 0 Å². The summed E-state index contributed by atoms with van der Waals surface area (Å²) < 4.78 is 37.0. The Labute approximate surface area is 224 Å². The minimum Gasteiger partial charge on any atom is -0.461 e. The molecule has 0 aliphatic carbocycles. The van der Waals surface area contributed by atoms with Crippen molar-refractivity contribution in [3.63, 3.8) is 0 Å². The summed E-state index contributed by atoms with van der Waals surface area (Å²) in [4.78, 5) is 14.0. The van der Waals surface area contributed by atoms with E-state index >= 15 is 4.39 Å². The molecule has 0 spiro atoms. The Hall–Kier alpha value is -3.37. The number of ether oxygens (including phenoxy) is 1.